The summed E-state index contributed by atoms with van der Waals surface area (Å²) >= 11 is 6.39. The Balaban J connectivity index is 1.41. The van der Waals surface area contributed by atoms with Gasteiger partial charge < -0.3 is 14.7 Å². The highest BCUT2D eigenvalue weighted by atomic mass is 35.5. The summed E-state index contributed by atoms with van der Waals surface area (Å²) in [5.74, 6) is 0.574. The van der Waals surface area contributed by atoms with Crippen LogP contribution in [0.5, 0.6) is 5.75 Å². The van der Waals surface area contributed by atoms with E-state index >= 15 is 0 Å². The first-order valence-corrected chi connectivity index (χ1v) is 17.3. The number of aliphatic hydroxyl groups excluding tert-OH is 1. The normalized spacial score (nSPS) is 31.8. The van der Waals surface area contributed by atoms with Crippen molar-refractivity contribution in [3.05, 3.63) is 70.3 Å². The van der Waals surface area contributed by atoms with E-state index in [4.69, 9.17) is 16.3 Å². The largest absolute Gasteiger partial charge is 0.490 e. The molecule has 2 bridgehead atoms. The smallest absolute Gasteiger partial charge is 0.264 e. The lowest BCUT2D eigenvalue weighted by Crippen LogP contribution is -2.49. The van der Waals surface area contributed by atoms with Crippen LogP contribution >= 0.6 is 11.6 Å². The summed E-state index contributed by atoms with van der Waals surface area (Å²) in [4.78, 5) is 15.7. The molecule has 5 atom stereocenters. The van der Waals surface area contributed by atoms with Crippen molar-refractivity contribution in [1.82, 2.24) is 4.72 Å². The van der Waals surface area contributed by atoms with Crippen LogP contribution in [0.3, 0.4) is 0 Å². The van der Waals surface area contributed by atoms with Crippen molar-refractivity contribution in [3.8, 4) is 5.75 Å². The molecular weight excluding hydrogens is 572 g/mol. The van der Waals surface area contributed by atoms with Crippen LogP contribution in [-0.4, -0.2) is 50.5 Å². The molecule has 2 aromatic rings. The van der Waals surface area contributed by atoms with Crippen LogP contribution in [0.15, 0.2) is 48.6 Å². The van der Waals surface area contributed by atoms with Crippen LogP contribution in [0.2, 0.25) is 5.02 Å². The number of carbonyl (C=O) groups is 1. The average Bonchev–Trinajstić information content (AvgIpc) is 3.09. The van der Waals surface area contributed by atoms with E-state index in [0.29, 0.717) is 56.1 Å². The summed E-state index contributed by atoms with van der Waals surface area (Å²) in [5.41, 5.74) is 3.36. The van der Waals surface area contributed by atoms with Gasteiger partial charge in [-0.25, -0.2) is 13.1 Å². The van der Waals surface area contributed by atoms with Crippen LogP contribution in [0.1, 0.15) is 79.8 Å². The van der Waals surface area contributed by atoms with Crippen molar-refractivity contribution >= 4 is 33.2 Å². The summed E-state index contributed by atoms with van der Waals surface area (Å²) < 4.78 is 35.3. The number of hydrogen-bond donors (Lipinski definition) is 2. The number of aliphatic hydroxyl groups is 1. The monoisotopic (exact) mass is 612 g/mol. The number of rotatable bonds is 1. The minimum atomic E-state index is -3.86. The molecule has 226 valence electrons. The number of nitrogens with one attached hydrogen (secondary N) is 1. The number of amides is 1. The summed E-state index contributed by atoms with van der Waals surface area (Å²) in [6.07, 6.45) is 10.5. The van der Waals surface area contributed by atoms with E-state index < -0.39 is 27.3 Å². The van der Waals surface area contributed by atoms with Crippen molar-refractivity contribution in [2.24, 2.45) is 11.8 Å². The fourth-order valence-electron chi connectivity index (χ4n) is 7.53. The van der Waals surface area contributed by atoms with Gasteiger partial charge in [0.05, 0.1) is 23.6 Å². The number of hydrogen-bond acceptors (Lipinski definition) is 6. The standard InChI is InChI=1S/C33H41ClN2O5S/c1-2-26-8-4-3-5-9-30(37)27-13-10-24(27)19-36-20-33(16-6-7-22-17-25(34)12-14-28(22)33)21-41-31-15-11-23(18-29(31)36)32(38)35-42(26,39)40/h3,5,11-12,14-15,17-18,24,26-27,30,37H,2,4,6-10,13,16,19-21H2,1H3,(H,35,38)/b5-3-/t24-,26+,27+,30-,33-/m0/s1. The van der Waals surface area contributed by atoms with E-state index in [2.05, 4.69) is 21.8 Å². The third-order valence-corrected chi connectivity index (χ3v) is 12.2. The Bertz CT molecular complexity index is 1480. The minimum absolute atomic E-state index is 0.196. The van der Waals surface area contributed by atoms with Gasteiger partial charge in [-0.2, -0.15) is 0 Å². The maximum atomic E-state index is 13.4. The third kappa shape index (κ3) is 5.70. The van der Waals surface area contributed by atoms with Crippen molar-refractivity contribution in [2.75, 3.05) is 24.6 Å². The SMILES string of the molecule is CC[C@@H]1CC/C=C\C[C@H](O)[C@@H]2CC[C@H]2CN2C[C@@]3(CCCc4cc(Cl)ccc43)COc3ccc(cc32)C(=O)NS1(=O)=O. The molecule has 9 heteroatoms. The second-order valence-corrected chi connectivity index (χ2v) is 15.0. The predicted octanol–water partition coefficient (Wildman–Crippen LogP) is 5.78. The molecular formula is C33H41ClN2O5S. The van der Waals surface area contributed by atoms with Gasteiger partial charge >= 0.3 is 0 Å². The number of benzene rings is 2. The van der Waals surface area contributed by atoms with E-state index in [0.717, 1.165) is 49.4 Å². The zero-order valence-corrected chi connectivity index (χ0v) is 25.8. The van der Waals surface area contributed by atoms with Gasteiger partial charge in [0.1, 0.15) is 5.75 Å². The van der Waals surface area contributed by atoms with E-state index in [1.807, 2.05) is 25.1 Å². The molecule has 1 fully saturated rings. The maximum Gasteiger partial charge on any atom is 0.264 e. The Morgan fingerprint density at radius 3 is 2.79 bits per heavy atom. The number of halogens is 1. The third-order valence-electron chi connectivity index (χ3n) is 10.1. The molecule has 7 nitrogen and oxygen atoms in total. The molecule has 2 aliphatic carbocycles. The number of sulfonamides is 1. The number of nitrogens with zero attached hydrogens (tertiary/aromatic N) is 1. The Labute approximate surface area is 254 Å². The first kappa shape index (κ1) is 29.5. The van der Waals surface area contributed by atoms with Gasteiger partial charge in [0, 0.05) is 29.1 Å². The minimum Gasteiger partial charge on any atom is -0.490 e. The Kier molecular flexibility index (Phi) is 8.33. The molecule has 1 saturated carbocycles. The molecule has 2 heterocycles. The first-order valence-electron chi connectivity index (χ1n) is 15.4. The Morgan fingerprint density at radius 1 is 1.14 bits per heavy atom. The lowest BCUT2D eigenvalue weighted by atomic mass is 9.68. The molecule has 2 N–H and O–H groups in total. The summed E-state index contributed by atoms with van der Waals surface area (Å²) in [6, 6.07) is 11.4. The zero-order chi connectivity index (χ0) is 29.5. The van der Waals surface area contributed by atoms with Crippen molar-refractivity contribution in [1.29, 1.82) is 0 Å². The van der Waals surface area contributed by atoms with Crippen molar-refractivity contribution in [2.45, 2.75) is 81.5 Å². The number of aryl methyl sites for hydroxylation is 1. The number of fused-ring (bicyclic) bond motifs is 4. The van der Waals surface area contributed by atoms with Crippen molar-refractivity contribution < 1.29 is 23.1 Å². The van der Waals surface area contributed by atoms with Gasteiger partial charge in [-0.1, -0.05) is 36.7 Å². The molecule has 6 rings (SSSR count). The summed E-state index contributed by atoms with van der Waals surface area (Å²) in [6.45, 7) is 3.76. The molecule has 0 radical (unpaired) electrons. The fraction of sp³-hybridized carbons (Fsp3) is 0.545. The lowest BCUT2D eigenvalue weighted by molar-refractivity contribution is 0.0177. The van der Waals surface area contributed by atoms with Crippen LogP contribution in [0, 0.1) is 11.8 Å². The van der Waals surface area contributed by atoms with E-state index in [1.165, 1.54) is 11.1 Å². The molecule has 2 aromatic carbocycles. The van der Waals surface area contributed by atoms with Gasteiger partial charge in [0.15, 0.2) is 0 Å². The van der Waals surface area contributed by atoms with E-state index in [-0.39, 0.29) is 11.3 Å². The highest BCUT2D eigenvalue weighted by Gasteiger charge is 2.44. The summed E-state index contributed by atoms with van der Waals surface area (Å²) in [7, 11) is -3.86. The Hall–Kier alpha value is -2.55. The number of ether oxygens (including phenoxy) is 1. The Morgan fingerprint density at radius 2 is 2.00 bits per heavy atom. The predicted molar refractivity (Wildman–Crippen MR) is 166 cm³/mol. The molecule has 2 aliphatic heterocycles. The molecule has 42 heavy (non-hydrogen) atoms. The van der Waals surface area contributed by atoms with Crippen LogP contribution < -0.4 is 14.4 Å². The fourth-order valence-corrected chi connectivity index (χ4v) is 9.15. The van der Waals surface area contributed by atoms with Crippen molar-refractivity contribution in [3.63, 3.8) is 0 Å². The van der Waals surface area contributed by atoms with Crippen LogP contribution in [0.4, 0.5) is 5.69 Å². The maximum absolute atomic E-state index is 13.4. The highest BCUT2D eigenvalue weighted by molar-refractivity contribution is 7.90. The van der Waals surface area contributed by atoms with Crippen LogP contribution in [-0.2, 0) is 21.9 Å². The molecule has 1 spiro atoms. The highest BCUT2D eigenvalue weighted by Crippen LogP contribution is 2.46. The summed E-state index contributed by atoms with van der Waals surface area (Å²) in [5, 5.41) is 11.2. The zero-order valence-electron chi connectivity index (χ0n) is 24.2. The van der Waals surface area contributed by atoms with Gasteiger partial charge in [0.25, 0.3) is 5.91 Å². The molecule has 0 saturated heterocycles. The van der Waals surface area contributed by atoms with E-state index in [9.17, 15) is 18.3 Å². The second kappa shape index (κ2) is 11.9. The number of anilines is 1. The topological polar surface area (TPSA) is 95.9 Å². The second-order valence-electron chi connectivity index (χ2n) is 12.6. The number of allylic oxidation sites excluding steroid dienone is 1. The van der Waals surface area contributed by atoms with Crippen LogP contribution in [0.25, 0.3) is 0 Å². The number of carbonyl (C=O) groups excluding carboxylic acids is 1. The van der Waals surface area contributed by atoms with Gasteiger partial charge in [-0.15, -0.1) is 0 Å². The molecule has 0 aromatic heterocycles. The van der Waals surface area contributed by atoms with E-state index in [1.54, 1.807) is 18.2 Å². The molecule has 4 aliphatic rings. The van der Waals surface area contributed by atoms with Gasteiger partial charge in [-0.3, -0.25) is 4.79 Å². The van der Waals surface area contributed by atoms with Gasteiger partial charge in [0.2, 0.25) is 10.0 Å². The molecule has 0 unspecified atom stereocenters. The van der Waals surface area contributed by atoms with Gasteiger partial charge in [-0.05, 0) is 111 Å². The quantitative estimate of drug-likeness (QED) is 0.397. The lowest BCUT2D eigenvalue weighted by Gasteiger charge is -2.45. The molecule has 1 amide bonds. The first-order chi connectivity index (χ1) is 20.2. The average molecular weight is 613 g/mol.